The zero-order chi connectivity index (χ0) is 25.4. The summed E-state index contributed by atoms with van der Waals surface area (Å²) in [7, 11) is 0. The normalized spacial score (nSPS) is 11.7. The van der Waals surface area contributed by atoms with Gasteiger partial charge in [0.2, 0.25) is 0 Å². The van der Waals surface area contributed by atoms with Crippen LogP contribution in [0.3, 0.4) is 0 Å². The lowest BCUT2D eigenvalue weighted by Crippen LogP contribution is -2.24. The molecule has 11 heteroatoms. The molecule has 5 aromatic rings. The van der Waals surface area contributed by atoms with Crippen LogP contribution in [-0.4, -0.2) is 25.8 Å². The van der Waals surface area contributed by atoms with E-state index in [4.69, 9.17) is 23.2 Å². The topological polar surface area (TPSA) is 61.4 Å². The van der Waals surface area contributed by atoms with E-state index in [2.05, 4.69) is 14.9 Å². The van der Waals surface area contributed by atoms with Crippen LogP contribution in [0.4, 0.5) is 13.2 Å². The molecule has 0 unspecified atom stereocenters. The molecule has 0 atom stereocenters. The van der Waals surface area contributed by atoms with E-state index in [1.807, 2.05) is 12.1 Å². The zero-order valence-corrected chi connectivity index (χ0v) is 19.7. The van der Waals surface area contributed by atoms with Crippen LogP contribution in [0.15, 0.2) is 83.8 Å². The predicted octanol–water partition coefficient (Wildman–Crippen LogP) is 6.48. The number of hydrogen-bond donors (Lipinski definition) is 0. The summed E-state index contributed by atoms with van der Waals surface area (Å²) in [5, 5.41) is 9.82. The molecule has 0 aliphatic carbocycles. The largest absolute Gasteiger partial charge is 0.573 e. The molecule has 36 heavy (non-hydrogen) atoms. The molecule has 6 nitrogen and oxygen atoms in total. The molecule has 0 saturated heterocycles. The molecule has 182 valence electrons. The Labute approximate surface area is 212 Å². The number of rotatable bonds is 5. The lowest BCUT2D eigenvalue weighted by molar-refractivity contribution is -0.274. The summed E-state index contributed by atoms with van der Waals surface area (Å²) in [4.78, 5) is 13.2. The average Bonchev–Trinajstić information content (AvgIpc) is 3.15. The van der Waals surface area contributed by atoms with Crippen LogP contribution in [0.5, 0.6) is 5.75 Å². The number of hydrogen-bond acceptors (Lipinski definition) is 4. The third-order valence-corrected chi connectivity index (χ3v) is 5.92. The van der Waals surface area contributed by atoms with E-state index < -0.39 is 17.8 Å². The number of aromatic nitrogens is 4. The first-order valence-electron chi connectivity index (χ1n) is 10.5. The summed E-state index contributed by atoms with van der Waals surface area (Å²) in [6.07, 6.45) is -3.34. The van der Waals surface area contributed by atoms with Crippen molar-refractivity contribution in [2.45, 2.75) is 12.9 Å². The molecule has 0 aliphatic rings. The highest BCUT2D eigenvalue weighted by molar-refractivity contribution is 6.31. The molecule has 0 aliphatic heterocycles. The van der Waals surface area contributed by atoms with Crippen LogP contribution < -0.4 is 10.4 Å². The van der Waals surface area contributed by atoms with Gasteiger partial charge in [-0.05, 0) is 41.5 Å². The first-order chi connectivity index (χ1) is 17.2. The van der Waals surface area contributed by atoms with E-state index in [1.165, 1.54) is 24.4 Å². The average molecular weight is 531 g/mol. The highest BCUT2D eigenvalue weighted by Crippen LogP contribution is 2.35. The second-order valence-corrected chi connectivity index (χ2v) is 8.65. The van der Waals surface area contributed by atoms with Gasteiger partial charge >= 0.3 is 12.1 Å². The van der Waals surface area contributed by atoms with Gasteiger partial charge in [0, 0.05) is 26.7 Å². The van der Waals surface area contributed by atoms with Gasteiger partial charge in [0.25, 0.3) is 0 Å². The van der Waals surface area contributed by atoms with Gasteiger partial charge in [-0.25, -0.2) is 9.48 Å². The molecule has 3 aromatic carbocycles. The van der Waals surface area contributed by atoms with Crippen LogP contribution in [0, 0.1) is 0 Å². The molecule has 0 saturated carbocycles. The number of alkyl halides is 3. The fourth-order valence-electron chi connectivity index (χ4n) is 3.83. The standard InChI is InChI=1S/C25H15Cl2F3N4O2/c26-18-9-5-15(6-10-18)20-13-31-34-23(22(20)16-7-11-19(27)12-8-16)32-33(24(34)35)14-17-3-1-2-4-21(17)36-25(28,29)30/h1-13H,14H2. The van der Waals surface area contributed by atoms with Crippen molar-refractivity contribution >= 4 is 28.8 Å². The summed E-state index contributed by atoms with van der Waals surface area (Å²) in [6, 6.07) is 19.7. The summed E-state index contributed by atoms with van der Waals surface area (Å²) in [5.41, 5.74) is 2.51. The van der Waals surface area contributed by atoms with Crippen LogP contribution in [0.25, 0.3) is 27.9 Å². The van der Waals surface area contributed by atoms with Gasteiger partial charge in [-0.2, -0.15) is 9.61 Å². The molecule has 0 bridgehead atoms. The number of halogens is 5. The van der Waals surface area contributed by atoms with Gasteiger partial charge in [0.15, 0.2) is 5.65 Å². The van der Waals surface area contributed by atoms with Crippen LogP contribution >= 0.6 is 23.2 Å². The quantitative estimate of drug-likeness (QED) is 0.261. The van der Waals surface area contributed by atoms with Crippen molar-refractivity contribution < 1.29 is 17.9 Å². The Bertz CT molecular complexity index is 1610. The minimum atomic E-state index is -4.88. The van der Waals surface area contributed by atoms with Gasteiger partial charge in [0.05, 0.1) is 12.7 Å². The Hall–Kier alpha value is -3.82. The Morgan fingerprint density at radius 3 is 2.11 bits per heavy atom. The molecule has 0 spiro atoms. The second-order valence-electron chi connectivity index (χ2n) is 7.78. The Morgan fingerprint density at radius 2 is 1.47 bits per heavy atom. The summed E-state index contributed by atoms with van der Waals surface area (Å²) in [5.74, 6) is -0.415. The predicted molar refractivity (Wildman–Crippen MR) is 130 cm³/mol. The molecule has 2 heterocycles. The Kier molecular flexibility index (Phi) is 6.19. The fraction of sp³-hybridized carbons (Fsp3) is 0.0800. The molecule has 0 fully saturated rings. The third kappa shape index (κ3) is 4.80. The highest BCUT2D eigenvalue weighted by atomic mass is 35.5. The smallest absolute Gasteiger partial charge is 0.405 e. The Morgan fingerprint density at radius 1 is 0.861 bits per heavy atom. The number of benzene rings is 3. The number of fused-ring (bicyclic) bond motifs is 1. The number of para-hydroxylation sites is 1. The van der Waals surface area contributed by atoms with Crippen molar-refractivity contribution in [3.05, 3.63) is 105 Å². The molecular weight excluding hydrogens is 516 g/mol. The summed E-state index contributed by atoms with van der Waals surface area (Å²) in [6.45, 7) is -0.259. The fourth-order valence-corrected chi connectivity index (χ4v) is 4.08. The molecule has 5 rings (SSSR count). The first kappa shape index (κ1) is 23.9. The molecule has 0 radical (unpaired) electrons. The number of ether oxygens (including phenoxy) is 1. The summed E-state index contributed by atoms with van der Waals surface area (Å²) < 4.78 is 44.9. The minimum absolute atomic E-state index is 0.131. The monoisotopic (exact) mass is 530 g/mol. The second kappa shape index (κ2) is 9.33. The van der Waals surface area contributed by atoms with E-state index in [-0.39, 0.29) is 17.8 Å². The van der Waals surface area contributed by atoms with Crippen LogP contribution in [0.1, 0.15) is 5.56 Å². The van der Waals surface area contributed by atoms with Crippen LogP contribution in [-0.2, 0) is 6.54 Å². The molecular formula is C25H15Cl2F3N4O2. The number of nitrogens with zero attached hydrogens (tertiary/aromatic N) is 4. The van der Waals surface area contributed by atoms with Gasteiger partial charge in [-0.1, -0.05) is 65.7 Å². The highest BCUT2D eigenvalue weighted by Gasteiger charge is 2.32. The molecule has 0 N–H and O–H groups in total. The lowest BCUT2D eigenvalue weighted by Gasteiger charge is -2.12. The van der Waals surface area contributed by atoms with Crippen molar-refractivity contribution in [1.29, 1.82) is 0 Å². The van der Waals surface area contributed by atoms with Crippen molar-refractivity contribution in [2.24, 2.45) is 0 Å². The van der Waals surface area contributed by atoms with Gasteiger partial charge in [-0.15, -0.1) is 18.3 Å². The van der Waals surface area contributed by atoms with Crippen LogP contribution in [0.2, 0.25) is 10.0 Å². The molecule has 0 amide bonds. The minimum Gasteiger partial charge on any atom is -0.405 e. The SMILES string of the molecule is O=c1n(Cc2ccccc2OC(F)(F)F)nc2c(-c3ccc(Cl)cc3)c(-c3ccc(Cl)cc3)cnn12. The van der Waals surface area contributed by atoms with Gasteiger partial charge in [0.1, 0.15) is 5.75 Å². The van der Waals surface area contributed by atoms with E-state index in [1.54, 1.807) is 42.5 Å². The zero-order valence-electron chi connectivity index (χ0n) is 18.2. The van der Waals surface area contributed by atoms with Crippen molar-refractivity contribution in [1.82, 2.24) is 19.4 Å². The maximum absolute atomic E-state index is 13.2. The van der Waals surface area contributed by atoms with Gasteiger partial charge in [-0.3, -0.25) is 0 Å². The van der Waals surface area contributed by atoms with Crippen molar-refractivity contribution in [2.75, 3.05) is 0 Å². The summed E-state index contributed by atoms with van der Waals surface area (Å²) >= 11 is 12.1. The van der Waals surface area contributed by atoms with Crippen molar-refractivity contribution in [3.8, 4) is 28.0 Å². The van der Waals surface area contributed by atoms with E-state index in [0.717, 1.165) is 20.3 Å². The van der Waals surface area contributed by atoms with E-state index in [9.17, 15) is 18.0 Å². The van der Waals surface area contributed by atoms with E-state index >= 15 is 0 Å². The van der Waals surface area contributed by atoms with E-state index in [0.29, 0.717) is 21.2 Å². The maximum atomic E-state index is 13.2. The van der Waals surface area contributed by atoms with Gasteiger partial charge < -0.3 is 4.74 Å². The molecule has 2 aromatic heterocycles. The van der Waals surface area contributed by atoms with Crippen molar-refractivity contribution in [3.63, 3.8) is 0 Å². The third-order valence-electron chi connectivity index (χ3n) is 5.42. The Balaban J connectivity index is 1.69. The first-order valence-corrected chi connectivity index (χ1v) is 11.3. The lowest BCUT2D eigenvalue weighted by atomic mass is 9.97. The maximum Gasteiger partial charge on any atom is 0.573 e.